The average molecular weight is 569 g/mol. The molecule has 42 heavy (non-hydrogen) atoms. The lowest BCUT2D eigenvalue weighted by molar-refractivity contribution is 0.474. The first-order chi connectivity index (χ1) is 19.9. The Kier molecular flexibility index (Phi) is 9.56. The largest absolute Gasteiger partial charge is 0.508 e. The zero-order chi connectivity index (χ0) is 30.6. The fourth-order valence-corrected chi connectivity index (χ4v) is 5.22. The molecular weight excluding hydrogens is 528 g/mol. The van der Waals surface area contributed by atoms with Crippen LogP contribution in [0.4, 0.5) is 0 Å². The van der Waals surface area contributed by atoms with Crippen molar-refractivity contribution >= 4 is 32.7 Å². The van der Waals surface area contributed by atoms with E-state index in [4.69, 9.17) is 8.83 Å². The summed E-state index contributed by atoms with van der Waals surface area (Å²) in [6, 6.07) is 5.92. The Morgan fingerprint density at radius 2 is 1.00 bits per heavy atom. The van der Waals surface area contributed by atoms with Crippen LogP contribution in [-0.4, -0.2) is 10.2 Å². The second kappa shape index (κ2) is 13.1. The Morgan fingerprint density at radius 1 is 0.619 bits per heavy atom. The Labute approximate surface area is 246 Å². The highest BCUT2D eigenvalue weighted by atomic mass is 16.4. The summed E-state index contributed by atoms with van der Waals surface area (Å²) >= 11 is 0. The van der Waals surface area contributed by atoms with Gasteiger partial charge in [0.15, 0.2) is 11.2 Å². The van der Waals surface area contributed by atoms with E-state index in [1.165, 1.54) is 23.3 Å². The summed E-state index contributed by atoms with van der Waals surface area (Å²) in [6.45, 7) is 12.3. The molecule has 2 heterocycles. The highest BCUT2D eigenvalue weighted by Crippen LogP contribution is 2.34. The predicted octanol–water partition coefficient (Wildman–Crippen LogP) is 8.93. The van der Waals surface area contributed by atoms with Crippen LogP contribution >= 0.6 is 0 Å². The van der Waals surface area contributed by atoms with E-state index in [1.807, 2.05) is 26.0 Å². The standard InChI is InChI=1S/C36H40O6/c1-21(2)9-7-11-23(5)13-15-25-17-27(37)19-29-31(25)35(39)41-34-30-20-28(38)18-26(32(30)36(40)42-33(29)34)16-14-24(6)12-8-10-22(3)4/h9-10,13-14,17-20,37-38H,7-8,11-12,15-16H2,1-6H3. The van der Waals surface area contributed by atoms with Crippen LogP contribution in [0.25, 0.3) is 32.7 Å². The van der Waals surface area contributed by atoms with Gasteiger partial charge in [0.2, 0.25) is 0 Å². The molecule has 0 bridgehead atoms. The predicted molar refractivity (Wildman–Crippen MR) is 172 cm³/mol. The molecule has 2 aromatic carbocycles. The molecule has 220 valence electrons. The van der Waals surface area contributed by atoms with Crippen LogP contribution in [0, 0.1) is 0 Å². The SMILES string of the molecule is CC(C)=CCCC(C)=CCc1cc(O)cc2c1c(=O)oc1c3cc(O)cc(CC=C(C)CCC=C(C)C)c3c(=O)oc21. The second-order valence-corrected chi connectivity index (χ2v) is 11.6. The number of rotatable bonds is 10. The van der Waals surface area contributed by atoms with Gasteiger partial charge in [-0.05, 0) is 115 Å². The maximum absolute atomic E-state index is 13.4. The molecule has 0 spiro atoms. The lowest BCUT2D eigenvalue weighted by Crippen LogP contribution is -2.08. The van der Waals surface area contributed by atoms with Gasteiger partial charge in [-0.25, -0.2) is 9.59 Å². The van der Waals surface area contributed by atoms with Crippen molar-refractivity contribution in [3.63, 3.8) is 0 Å². The Morgan fingerprint density at radius 3 is 1.36 bits per heavy atom. The number of hydrogen-bond acceptors (Lipinski definition) is 6. The average Bonchev–Trinajstić information content (AvgIpc) is 2.90. The van der Waals surface area contributed by atoms with Crippen LogP contribution in [0.1, 0.15) is 78.4 Å². The molecule has 2 aromatic heterocycles. The molecule has 0 aliphatic carbocycles. The summed E-state index contributed by atoms with van der Waals surface area (Å²) in [5.74, 6) is -0.0962. The minimum absolute atomic E-state index is 0.0481. The van der Waals surface area contributed by atoms with Crippen molar-refractivity contribution in [2.75, 3.05) is 0 Å². The Bertz CT molecular complexity index is 1750. The quantitative estimate of drug-likeness (QED) is 0.146. The minimum Gasteiger partial charge on any atom is -0.508 e. The first-order valence-corrected chi connectivity index (χ1v) is 14.4. The summed E-state index contributed by atoms with van der Waals surface area (Å²) in [4.78, 5) is 26.8. The van der Waals surface area contributed by atoms with Crippen molar-refractivity contribution in [3.8, 4) is 11.5 Å². The van der Waals surface area contributed by atoms with E-state index in [0.29, 0.717) is 34.7 Å². The third kappa shape index (κ3) is 7.11. The third-order valence-electron chi connectivity index (χ3n) is 7.43. The van der Waals surface area contributed by atoms with Gasteiger partial charge in [-0.2, -0.15) is 0 Å². The van der Waals surface area contributed by atoms with E-state index in [-0.39, 0.29) is 33.4 Å². The minimum atomic E-state index is -0.599. The van der Waals surface area contributed by atoms with Crippen molar-refractivity contribution in [3.05, 3.63) is 103 Å². The number of phenols is 2. The van der Waals surface area contributed by atoms with Gasteiger partial charge in [0.05, 0.1) is 10.8 Å². The second-order valence-electron chi connectivity index (χ2n) is 11.6. The molecule has 0 aliphatic heterocycles. The van der Waals surface area contributed by atoms with Crippen LogP contribution in [0.3, 0.4) is 0 Å². The van der Waals surface area contributed by atoms with E-state index in [0.717, 1.165) is 36.8 Å². The van der Waals surface area contributed by atoms with Crippen LogP contribution in [0.5, 0.6) is 11.5 Å². The van der Waals surface area contributed by atoms with Crippen molar-refractivity contribution in [1.82, 2.24) is 0 Å². The first-order valence-electron chi connectivity index (χ1n) is 14.4. The molecule has 0 atom stereocenters. The van der Waals surface area contributed by atoms with E-state index >= 15 is 0 Å². The molecule has 4 rings (SSSR count). The summed E-state index contributed by atoms with van der Waals surface area (Å²) < 4.78 is 11.6. The molecule has 6 heteroatoms. The lowest BCUT2D eigenvalue weighted by Gasteiger charge is -2.11. The van der Waals surface area contributed by atoms with E-state index in [2.05, 4.69) is 39.8 Å². The first kappa shape index (κ1) is 30.6. The molecule has 0 aliphatic rings. The Hall–Kier alpha value is -4.32. The molecule has 0 saturated heterocycles. The van der Waals surface area contributed by atoms with Gasteiger partial charge in [-0.3, -0.25) is 0 Å². The normalized spacial score (nSPS) is 12.3. The van der Waals surface area contributed by atoms with Gasteiger partial charge in [0.25, 0.3) is 0 Å². The summed E-state index contributed by atoms with van der Waals surface area (Å²) in [6.07, 6.45) is 12.9. The molecule has 0 radical (unpaired) electrons. The number of hydrogen-bond donors (Lipinski definition) is 2. The maximum atomic E-state index is 13.4. The van der Waals surface area contributed by atoms with E-state index < -0.39 is 11.3 Å². The smallest absolute Gasteiger partial charge is 0.344 e. The van der Waals surface area contributed by atoms with Crippen LogP contribution in [-0.2, 0) is 12.8 Å². The van der Waals surface area contributed by atoms with E-state index in [9.17, 15) is 19.8 Å². The van der Waals surface area contributed by atoms with Gasteiger partial charge in [0.1, 0.15) is 11.5 Å². The molecule has 4 aromatic rings. The molecule has 0 amide bonds. The summed E-state index contributed by atoms with van der Waals surface area (Å²) in [5, 5.41) is 22.3. The zero-order valence-corrected chi connectivity index (χ0v) is 25.4. The van der Waals surface area contributed by atoms with Crippen molar-refractivity contribution in [1.29, 1.82) is 0 Å². The monoisotopic (exact) mass is 568 g/mol. The fraction of sp³-hybridized carbons (Fsp3) is 0.333. The van der Waals surface area contributed by atoms with Gasteiger partial charge in [-0.1, -0.05) is 46.6 Å². The van der Waals surface area contributed by atoms with Crippen molar-refractivity contribution in [2.24, 2.45) is 0 Å². The molecular formula is C36H40O6. The molecule has 0 fully saturated rings. The van der Waals surface area contributed by atoms with Gasteiger partial charge in [0, 0.05) is 10.8 Å². The van der Waals surface area contributed by atoms with E-state index in [1.54, 1.807) is 12.1 Å². The van der Waals surface area contributed by atoms with Crippen LogP contribution in [0.2, 0.25) is 0 Å². The van der Waals surface area contributed by atoms with Crippen LogP contribution < -0.4 is 11.3 Å². The fourth-order valence-electron chi connectivity index (χ4n) is 5.22. The zero-order valence-electron chi connectivity index (χ0n) is 25.4. The molecule has 0 unspecified atom stereocenters. The van der Waals surface area contributed by atoms with Gasteiger partial charge in [-0.15, -0.1) is 0 Å². The summed E-state index contributed by atoms with van der Waals surface area (Å²) in [5.41, 5.74) is 4.94. The highest BCUT2D eigenvalue weighted by molar-refractivity contribution is 6.12. The highest BCUT2D eigenvalue weighted by Gasteiger charge is 2.20. The maximum Gasteiger partial charge on any atom is 0.344 e. The molecule has 6 nitrogen and oxygen atoms in total. The van der Waals surface area contributed by atoms with Gasteiger partial charge >= 0.3 is 11.3 Å². The van der Waals surface area contributed by atoms with Crippen LogP contribution in [0.15, 0.2) is 89.3 Å². The number of allylic oxidation sites excluding steroid dienone is 8. The van der Waals surface area contributed by atoms with Gasteiger partial charge < -0.3 is 19.0 Å². The summed E-state index contributed by atoms with van der Waals surface area (Å²) in [7, 11) is 0. The van der Waals surface area contributed by atoms with Crippen molar-refractivity contribution in [2.45, 2.75) is 80.1 Å². The lowest BCUT2D eigenvalue weighted by atomic mass is 9.98. The van der Waals surface area contributed by atoms with Crippen molar-refractivity contribution < 1.29 is 19.0 Å². The molecule has 2 N–H and O–H groups in total. The topological polar surface area (TPSA) is 101 Å². The number of aromatic hydroxyl groups is 2. The Balaban J connectivity index is 1.82. The number of phenolic OH excluding ortho intramolecular Hbond substituents is 2. The number of fused-ring (bicyclic) bond motifs is 5. The number of benzene rings is 2. The molecule has 0 saturated carbocycles. The third-order valence-corrected chi connectivity index (χ3v) is 7.43.